The number of fused-ring (bicyclic) bond motifs is 1. The summed E-state index contributed by atoms with van der Waals surface area (Å²) in [4.78, 5) is 4.84. The topological polar surface area (TPSA) is 24.9 Å². The third kappa shape index (κ3) is 1.96. The van der Waals surface area contributed by atoms with Crippen LogP contribution in [0.25, 0.3) is 10.9 Å². The molecule has 0 amide bonds. The van der Waals surface area contributed by atoms with Crippen LogP contribution in [-0.4, -0.2) is 10.5 Å². The number of hydrogen-bond acceptors (Lipinski definition) is 2. The van der Waals surface area contributed by atoms with Crippen LogP contribution in [0.5, 0.6) is 0 Å². The second-order valence-corrected chi connectivity index (χ2v) is 7.71. The van der Waals surface area contributed by atoms with Gasteiger partial charge in [0, 0.05) is 10.9 Å². The van der Waals surface area contributed by atoms with Crippen molar-refractivity contribution in [2.75, 3.05) is 5.32 Å². The first-order chi connectivity index (χ1) is 10.3. The Kier molecular flexibility index (Phi) is 2.42. The third-order valence-corrected chi connectivity index (χ3v) is 6.03. The van der Waals surface area contributed by atoms with Crippen LogP contribution in [0.15, 0.2) is 36.4 Å². The summed E-state index contributed by atoms with van der Waals surface area (Å²) in [5.41, 5.74) is 1.46. The maximum absolute atomic E-state index is 4.84. The second-order valence-electron chi connectivity index (χ2n) is 7.71. The molecule has 0 unspecified atom stereocenters. The van der Waals surface area contributed by atoms with E-state index in [2.05, 4.69) is 41.7 Å². The predicted octanol–water partition coefficient (Wildman–Crippen LogP) is 4.62. The van der Waals surface area contributed by atoms with Crippen molar-refractivity contribution in [3.63, 3.8) is 0 Å². The predicted molar refractivity (Wildman–Crippen MR) is 86.3 cm³/mol. The monoisotopic (exact) mass is 278 g/mol. The summed E-state index contributed by atoms with van der Waals surface area (Å²) >= 11 is 0. The van der Waals surface area contributed by atoms with E-state index in [9.17, 15) is 0 Å². The molecule has 21 heavy (non-hydrogen) atoms. The lowest BCUT2D eigenvalue weighted by atomic mass is 9.53. The molecule has 0 spiro atoms. The Labute approximate surface area is 126 Å². The number of anilines is 1. The zero-order valence-electron chi connectivity index (χ0n) is 12.4. The molecular weight excluding hydrogens is 256 g/mol. The number of aromatic nitrogens is 1. The fourth-order valence-corrected chi connectivity index (χ4v) is 5.67. The Hall–Kier alpha value is -1.57. The lowest BCUT2D eigenvalue weighted by molar-refractivity contribution is 0.0105. The lowest BCUT2D eigenvalue weighted by Gasteiger charge is -2.57. The molecule has 2 heteroatoms. The molecule has 4 saturated carbocycles. The molecule has 2 aromatic rings. The molecule has 4 bridgehead atoms. The van der Waals surface area contributed by atoms with Gasteiger partial charge in [-0.3, -0.25) is 0 Å². The van der Waals surface area contributed by atoms with Gasteiger partial charge in [-0.2, -0.15) is 0 Å². The van der Waals surface area contributed by atoms with Crippen molar-refractivity contribution in [3.05, 3.63) is 36.4 Å². The van der Waals surface area contributed by atoms with Crippen LogP contribution in [0.4, 0.5) is 5.82 Å². The van der Waals surface area contributed by atoms with Gasteiger partial charge in [0.2, 0.25) is 0 Å². The SMILES string of the molecule is c1ccc2nc(NC34CC5CC(CC(C5)C3)C4)ccc2c1. The van der Waals surface area contributed by atoms with Crippen molar-refractivity contribution >= 4 is 16.7 Å². The summed E-state index contributed by atoms with van der Waals surface area (Å²) in [6.07, 6.45) is 8.58. The minimum absolute atomic E-state index is 0.351. The molecule has 2 nitrogen and oxygen atoms in total. The van der Waals surface area contributed by atoms with E-state index in [0.29, 0.717) is 5.54 Å². The van der Waals surface area contributed by atoms with E-state index in [1.165, 1.54) is 43.9 Å². The molecule has 108 valence electrons. The number of rotatable bonds is 2. The van der Waals surface area contributed by atoms with Crippen molar-refractivity contribution in [2.24, 2.45) is 17.8 Å². The highest BCUT2D eigenvalue weighted by Crippen LogP contribution is 2.56. The van der Waals surface area contributed by atoms with Gasteiger partial charge >= 0.3 is 0 Å². The maximum Gasteiger partial charge on any atom is 0.127 e. The van der Waals surface area contributed by atoms with Gasteiger partial charge in [0.1, 0.15) is 5.82 Å². The zero-order chi connectivity index (χ0) is 13.9. The minimum Gasteiger partial charge on any atom is -0.365 e. The number of nitrogens with one attached hydrogen (secondary N) is 1. The van der Waals surface area contributed by atoms with Gasteiger partial charge in [0.15, 0.2) is 0 Å². The fraction of sp³-hybridized carbons (Fsp3) is 0.526. The molecule has 0 radical (unpaired) electrons. The molecule has 1 aromatic heterocycles. The third-order valence-electron chi connectivity index (χ3n) is 6.03. The van der Waals surface area contributed by atoms with Crippen molar-refractivity contribution < 1.29 is 0 Å². The summed E-state index contributed by atoms with van der Waals surface area (Å²) in [5.74, 6) is 4.01. The van der Waals surface area contributed by atoms with Crippen LogP contribution >= 0.6 is 0 Å². The average Bonchev–Trinajstić information content (AvgIpc) is 2.45. The molecule has 4 aliphatic carbocycles. The summed E-state index contributed by atoms with van der Waals surface area (Å²) in [7, 11) is 0. The number of hydrogen-bond donors (Lipinski definition) is 1. The van der Waals surface area contributed by atoms with E-state index in [4.69, 9.17) is 4.98 Å². The van der Waals surface area contributed by atoms with E-state index in [-0.39, 0.29) is 0 Å². The van der Waals surface area contributed by atoms with Crippen molar-refractivity contribution in [2.45, 2.75) is 44.1 Å². The smallest absolute Gasteiger partial charge is 0.127 e. The normalized spacial score (nSPS) is 37.0. The molecule has 1 aromatic carbocycles. The summed E-state index contributed by atoms with van der Waals surface area (Å²) in [6.45, 7) is 0. The second kappa shape index (κ2) is 4.22. The van der Waals surface area contributed by atoms with Gasteiger partial charge in [0.25, 0.3) is 0 Å². The van der Waals surface area contributed by atoms with Gasteiger partial charge < -0.3 is 5.32 Å². The van der Waals surface area contributed by atoms with Crippen LogP contribution in [0.2, 0.25) is 0 Å². The molecule has 4 fully saturated rings. The van der Waals surface area contributed by atoms with Crippen LogP contribution in [0.3, 0.4) is 0 Å². The lowest BCUT2D eigenvalue weighted by Crippen LogP contribution is -2.54. The maximum atomic E-state index is 4.84. The zero-order valence-corrected chi connectivity index (χ0v) is 12.4. The van der Waals surface area contributed by atoms with Crippen molar-refractivity contribution in [1.82, 2.24) is 4.98 Å². The van der Waals surface area contributed by atoms with Gasteiger partial charge in [-0.25, -0.2) is 4.98 Å². The van der Waals surface area contributed by atoms with Crippen LogP contribution in [-0.2, 0) is 0 Å². The first-order valence-corrected chi connectivity index (χ1v) is 8.42. The number of pyridine rings is 1. The van der Waals surface area contributed by atoms with Crippen LogP contribution in [0.1, 0.15) is 38.5 Å². The first kappa shape index (κ1) is 12.0. The largest absolute Gasteiger partial charge is 0.365 e. The first-order valence-electron chi connectivity index (χ1n) is 8.42. The van der Waals surface area contributed by atoms with E-state index < -0.39 is 0 Å². The molecule has 6 rings (SSSR count). The Morgan fingerprint density at radius 1 is 0.857 bits per heavy atom. The average molecular weight is 278 g/mol. The Balaban J connectivity index is 1.48. The minimum atomic E-state index is 0.351. The van der Waals surface area contributed by atoms with Crippen molar-refractivity contribution in [1.29, 1.82) is 0 Å². The number of para-hydroxylation sites is 1. The molecule has 0 aliphatic heterocycles. The summed E-state index contributed by atoms with van der Waals surface area (Å²) < 4.78 is 0. The molecule has 0 atom stereocenters. The Morgan fingerprint density at radius 3 is 2.24 bits per heavy atom. The molecule has 1 N–H and O–H groups in total. The summed E-state index contributed by atoms with van der Waals surface area (Å²) in [6, 6.07) is 12.8. The molecule has 0 saturated heterocycles. The highest BCUT2D eigenvalue weighted by molar-refractivity contribution is 5.80. The van der Waals surface area contributed by atoms with Crippen LogP contribution in [0, 0.1) is 17.8 Å². The molecule has 1 heterocycles. The summed E-state index contributed by atoms with van der Waals surface area (Å²) in [5, 5.41) is 5.10. The Morgan fingerprint density at radius 2 is 1.52 bits per heavy atom. The Bertz CT molecular complexity index is 655. The van der Waals surface area contributed by atoms with E-state index >= 15 is 0 Å². The van der Waals surface area contributed by atoms with Gasteiger partial charge in [-0.1, -0.05) is 18.2 Å². The van der Waals surface area contributed by atoms with Crippen LogP contribution < -0.4 is 5.32 Å². The van der Waals surface area contributed by atoms with E-state index in [0.717, 1.165) is 29.1 Å². The van der Waals surface area contributed by atoms with Gasteiger partial charge in [0.05, 0.1) is 5.52 Å². The van der Waals surface area contributed by atoms with E-state index in [1.54, 1.807) is 0 Å². The molecule has 4 aliphatic rings. The van der Waals surface area contributed by atoms with Crippen molar-refractivity contribution in [3.8, 4) is 0 Å². The fourth-order valence-electron chi connectivity index (χ4n) is 5.67. The standard InChI is InChI=1S/C19H22N2/c1-2-4-17-16(3-1)5-6-18(20-17)21-19-10-13-7-14(11-19)9-15(8-13)12-19/h1-6,13-15H,7-12H2,(H,20,21). The number of benzene rings is 1. The highest BCUT2D eigenvalue weighted by atomic mass is 15.1. The van der Waals surface area contributed by atoms with Gasteiger partial charge in [-0.15, -0.1) is 0 Å². The molecular formula is C19H22N2. The van der Waals surface area contributed by atoms with Gasteiger partial charge in [-0.05, 0) is 74.5 Å². The van der Waals surface area contributed by atoms with E-state index in [1.807, 2.05) is 0 Å². The highest BCUT2D eigenvalue weighted by Gasteiger charge is 2.51. The quantitative estimate of drug-likeness (QED) is 0.867. The number of nitrogens with zero attached hydrogens (tertiary/aromatic N) is 1.